The molecule has 0 radical (unpaired) electrons. The second-order valence-electron chi connectivity index (χ2n) is 3.61. The van der Waals surface area contributed by atoms with E-state index in [1.54, 1.807) is 12.1 Å². The molecule has 4 nitrogen and oxygen atoms in total. The van der Waals surface area contributed by atoms with Crippen LogP contribution in [0.3, 0.4) is 0 Å². The highest BCUT2D eigenvalue weighted by Gasteiger charge is 2.18. The number of amides is 1. The largest absolute Gasteiger partial charge is 0.480 e. The van der Waals surface area contributed by atoms with E-state index in [4.69, 9.17) is 11.5 Å². The third-order valence-electron chi connectivity index (χ3n) is 2.14. The van der Waals surface area contributed by atoms with Gasteiger partial charge in [0.15, 0.2) is 0 Å². The molecule has 0 heterocycles. The van der Waals surface area contributed by atoms with E-state index in [9.17, 15) is 14.0 Å². The number of benzene rings is 1. The van der Waals surface area contributed by atoms with Crippen LogP contribution in [-0.2, 0) is 9.59 Å². The lowest BCUT2D eigenvalue weighted by molar-refractivity contribution is -0.141. The first-order valence-corrected chi connectivity index (χ1v) is 6.35. The first-order valence-electron chi connectivity index (χ1n) is 5.37. The predicted molar refractivity (Wildman–Crippen MR) is 70.1 cm³/mol. The molecule has 1 rings (SSSR count). The zero-order valence-electron chi connectivity index (χ0n) is 9.93. The summed E-state index contributed by atoms with van der Waals surface area (Å²) < 4.78 is 12.7. The molecule has 0 aromatic heterocycles. The zero-order valence-corrected chi connectivity index (χ0v) is 10.7. The summed E-state index contributed by atoms with van der Waals surface area (Å²) in [5.74, 6) is 0.277. The molecule has 1 atom stereocenters. The molecule has 0 fully saturated rings. The van der Waals surface area contributed by atoms with Gasteiger partial charge in [-0.1, -0.05) is 0 Å². The van der Waals surface area contributed by atoms with E-state index in [1.165, 1.54) is 23.9 Å². The van der Waals surface area contributed by atoms with Crippen LogP contribution in [0, 0.1) is 18.2 Å². The fourth-order valence-electron chi connectivity index (χ4n) is 1.23. The molecule has 0 aliphatic rings. The van der Waals surface area contributed by atoms with Crippen molar-refractivity contribution in [1.29, 1.82) is 0 Å². The van der Waals surface area contributed by atoms with Crippen LogP contribution in [0.2, 0.25) is 0 Å². The fourth-order valence-corrected chi connectivity index (χ4v) is 1.94. The average Bonchev–Trinajstić information content (AvgIpc) is 2.37. The molecule has 19 heavy (non-hydrogen) atoms. The number of thioether (sulfide) groups is 1. The molecule has 0 saturated carbocycles. The van der Waals surface area contributed by atoms with Crippen molar-refractivity contribution in [1.82, 2.24) is 5.32 Å². The molecule has 1 aromatic rings. The lowest BCUT2D eigenvalue weighted by Crippen LogP contribution is -2.41. The Morgan fingerprint density at radius 2 is 2.05 bits per heavy atom. The van der Waals surface area contributed by atoms with Crippen LogP contribution in [0.4, 0.5) is 4.39 Å². The fraction of sp³-hybridized carbons (Fsp3) is 0.231. The Kier molecular flexibility index (Phi) is 5.90. The number of hydrogen-bond donors (Lipinski definition) is 2. The van der Waals surface area contributed by atoms with Crippen molar-refractivity contribution in [2.45, 2.75) is 17.4 Å². The van der Waals surface area contributed by atoms with Gasteiger partial charge in [-0.15, -0.1) is 24.1 Å². The Hall–Kier alpha value is -2.00. The predicted octanol–water partition coefficient (Wildman–Crippen LogP) is 1.51. The third kappa shape index (κ3) is 5.44. The van der Waals surface area contributed by atoms with Gasteiger partial charge in [-0.25, -0.2) is 9.18 Å². The van der Waals surface area contributed by atoms with Crippen LogP contribution in [-0.4, -0.2) is 28.8 Å². The molecule has 1 aromatic carbocycles. The normalized spacial score (nSPS) is 11.4. The lowest BCUT2D eigenvalue weighted by Gasteiger charge is -2.11. The topological polar surface area (TPSA) is 66.4 Å². The maximum Gasteiger partial charge on any atom is 0.327 e. The molecule has 6 heteroatoms. The highest BCUT2D eigenvalue weighted by atomic mass is 32.2. The van der Waals surface area contributed by atoms with Gasteiger partial charge in [0.25, 0.3) is 0 Å². The van der Waals surface area contributed by atoms with Gasteiger partial charge < -0.3 is 10.4 Å². The number of rotatable bonds is 6. The van der Waals surface area contributed by atoms with E-state index in [1.807, 2.05) is 0 Å². The van der Waals surface area contributed by atoms with Crippen LogP contribution < -0.4 is 5.32 Å². The molecule has 2 N–H and O–H groups in total. The number of halogens is 1. The first kappa shape index (κ1) is 15.1. The summed E-state index contributed by atoms with van der Waals surface area (Å²) in [6.45, 7) is 0. The van der Waals surface area contributed by atoms with Crippen molar-refractivity contribution < 1.29 is 19.1 Å². The van der Waals surface area contributed by atoms with Crippen molar-refractivity contribution in [2.75, 3.05) is 5.75 Å². The maximum absolute atomic E-state index is 12.7. The number of terminal acetylenes is 1. The minimum atomic E-state index is -1.17. The smallest absolute Gasteiger partial charge is 0.327 e. The molecule has 100 valence electrons. The molecule has 0 bridgehead atoms. The molecule has 1 amide bonds. The highest BCUT2D eigenvalue weighted by molar-refractivity contribution is 8.00. The van der Waals surface area contributed by atoms with Gasteiger partial charge in [0, 0.05) is 11.3 Å². The van der Waals surface area contributed by atoms with Crippen molar-refractivity contribution in [3.63, 3.8) is 0 Å². The minimum absolute atomic E-state index is 0.0417. The third-order valence-corrected chi connectivity index (χ3v) is 3.15. The molecule has 0 aliphatic carbocycles. The maximum atomic E-state index is 12.7. The molecule has 0 aliphatic heterocycles. The van der Waals surface area contributed by atoms with Gasteiger partial charge in [0.05, 0.1) is 5.75 Å². The number of aliphatic carboxylic acids is 1. The average molecular weight is 281 g/mol. The number of carbonyl (C=O) groups excluding carboxylic acids is 1. The van der Waals surface area contributed by atoms with Crippen LogP contribution in [0.15, 0.2) is 29.2 Å². The SMILES string of the molecule is C#CCC(NC(=O)CSc1ccc(F)cc1)C(=O)O. The number of carboxylic acid groups (broad SMARTS) is 1. The number of hydrogen-bond acceptors (Lipinski definition) is 3. The van der Waals surface area contributed by atoms with Gasteiger partial charge >= 0.3 is 5.97 Å². The van der Waals surface area contributed by atoms with Crippen molar-refractivity contribution in [2.24, 2.45) is 0 Å². The van der Waals surface area contributed by atoms with Gasteiger partial charge in [-0.05, 0) is 24.3 Å². The van der Waals surface area contributed by atoms with Crippen LogP contribution in [0.5, 0.6) is 0 Å². The Bertz CT molecular complexity index is 496. The summed E-state index contributed by atoms with van der Waals surface area (Å²) in [6.07, 6.45) is 4.95. The summed E-state index contributed by atoms with van der Waals surface area (Å²) in [7, 11) is 0. The van der Waals surface area contributed by atoms with Gasteiger partial charge in [-0.2, -0.15) is 0 Å². The van der Waals surface area contributed by atoms with Crippen molar-refractivity contribution >= 4 is 23.6 Å². The second kappa shape index (κ2) is 7.44. The Morgan fingerprint density at radius 1 is 1.42 bits per heavy atom. The van der Waals surface area contributed by atoms with Crippen LogP contribution >= 0.6 is 11.8 Å². The number of carbonyl (C=O) groups is 2. The standard InChI is InChI=1S/C13H12FNO3S/c1-2-3-11(13(17)18)15-12(16)8-19-10-6-4-9(14)5-7-10/h1,4-7,11H,3,8H2,(H,15,16)(H,17,18). The molecule has 1 unspecified atom stereocenters. The van der Waals surface area contributed by atoms with E-state index in [-0.39, 0.29) is 18.0 Å². The monoisotopic (exact) mass is 281 g/mol. The van der Waals surface area contributed by atoms with Crippen LogP contribution in [0.1, 0.15) is 6.42 Å². The van der Waals surface area contributed by atoms with E-state index in [0.717, 1.165) is 4.90 Å². The molecular weight excluding hydrogens is 269 g/mol. The minimum Gasteiger partial charge on any atom is -0.480 e. The van der Waals surface area contributed by atoms with Gasteiger partial charge in [-0.3, -0.25) is 4.79 Å². The Balaban J connectivity index is 2.45. The zero-order chi connectivity index (χ0) is 14.3. The van der Waals surface area contributed by atoms with E-state index >= 15 is 0 Å². The Morgan fingerprint density at radius 3 is 2.58 bits per heavy atom. The quantitative estimate of drug-likeness (QED) is 0.613. The van der Waals surface area contributed by atoms with Gasteiger partial charge in [0.1, 0.15) is 11.9 Å². The number of carboxylic acids is 1. The summed E-state index contributed by atoms with van der Waals surface area (Å²) in [5.41, 5.74) is 0. The van der Waals surface area contributed by atoms with Crippen LogP contribution in [0.25, 0.3) is 0 Å². The van der Waals surface area contributed by atoms with E-state index in [0.29, 0.717) is 0 Å². The summed E-state index contributed by atoms with van der Waals surface area (Å²) >= 11 is 1.19. The molecule has 0 spiro atoms. The van der Waals surface area contributed by atoms with Crippen molar-refractivity contribution in [3.8, 4) is 12.3 Å². The second-order valence-corrected chi connectivity index (χ2v) is 4.66. The summed E-state index contributed by atoms with van der Waals surface area (Å²) in [6, 6.07) is 4.59. The highest BCUT2D eigenvalue weighted by Crippen LogP contribution is 2.17. The lowest BCUT2D eigenvalue weighted by atomic mass is 10.2. The molecule has 0 saturated heterocycles. The Labute approximate surface area is 114 Å². The van der Waals surface area contributed by atoms with E-state index in [2.05, 4.69) is 11.2 Å². The molecular formula is C13H12FNO3S. The first-order chi connectivity index (χ1) is 9.02. The number of nitrogens with one attached hydrogen (secondary N) is 1. The van der Waals surface area contributed by atoms with Gasteiger partial charge in [0.2, 0.25) is 5.91 Å². The summed E-state index contributed by atoms with van der Waals surface area (Å²) in [5, 5.41) is 11.1. The summed E-state index contributed by atoms with van der Waals surface area (Å²) in [4.78, 5) is 23.0. The van der Waals surface area contributed by atoms with Crippen molar-refractivity contribution in [3.05, 3.63) is 30.1 Å². The van der Waals surface area contributed by atoms with E-state index < -0.39 is 17.9 Å².